The number of carbonyl (C=O) groups excluding carboxylic acids is 1. The quantitative estimate of drug-likeness (QED) is 0.448. The van der Waals surface area contributed by atoms with E-state index in [1.54, 1.807) is 13.2 Å². The van der Waals surface area contributed by atoms with Crippen molar-refractivity contribution in [2.75, 3.05) is 37.8 Å². The Labute approximate surface area is 188 Å². The van der Waals surface area contributed by atoms with E-state index in [9.17, 15) is 9.59 Å². The van der Waals surface area contributed by atoms with Gasteiger partial charge in [0.25, 0.3) is 0 Å². The molecule has 0 atom stereocenters. The first-order valence-corrected chi connectivity index (χ1v) is 12.0. The number of carbonyl (C=O) groups is 1. The van der Waals surface area contributed by atoms with E-state index in [0.717, 1.165) is 56.6 Å². The molecular weight excluding hydrogens is 412 g/mol. The third kappa shape index (κ3) is 6.11. The average molecular weight is 445 g/mol. The van der Waals surface area contributed by atoms with E-state index in [2.05, 4.69) is 29.0 Å². The number of methoxy groups -OCH3 is 1. The lowest BCUT2D eigenvalue weighted by molar-refractivity contribution is -0.113. The molecule has 0 aliphatic heterocycles. The van der Waals surface area contributed by atoms with Gasteiger partial charge in [0.1, 0.15) is 10.8 Å². The maximum atomic E-state index is 12.8. The highest BCUT2D eigenvalue weighted by molar-refractivity contribution is 8.00. The molecule has 1 aliphatic carbocycles. The Balaban J connectivity index is 1.72. The second kappa shape index (κ2) is 11.3. The van der Waals surface area contributed by atoms with E-state index in [-0.39, 0.29) is 17.3 Å². The van der Waals surface area contributed by atoms with Crippen LogP contribution in [-0.4, -0.2) is 52.9 Å². The number of benzene rings is 1. The first-order valence-electron chi connectivity index (χ1n) is 11.0. The number of nitrogens with zero attached hydrogens (tertiary/aromatic N) is 3. The van der Waals surface area contributed by atoms with E-state index < -0.39 is 0 Å². The van der Waals surface area contributed by atoms with Crippen molar-refractivity contribution in [1.29, 1.82) is 0 Å². The number of nitrogens with one attached hydrogen (secondary N) is 1. The summed E-state index contributed by atoms with van der Waals surface area (Å²) in [5.41, 5.74) is 2.73. The van der Waals surface area contributed by atoms with Crippen molar-refractivity contribution < 1.29 is 9.53 Å². The summed E-state index contributed by atoms with van der Waals surface area (Å²) in [6, 6.07) is 7.26. The molecule has 31 heavy (non-hydrogen) atoms. The summed E-state index contributed by atoms with van der Waals surface area (Å²) in [5.74, 6) is 0.768. The normalized spacial score (nSPS) is 13.2. The molecule has 168 valence electrons. The predicted octanol–water partition coefficient (Wildman–Crippen LogP) is 3.20. The summed E-state index contributed by atoms with van der Waals surface area (Å²) >= 11 is 1.35. The van der Waals surface area contributed by atoms with E-state index in [0.29, 0.717) is 23.0 Å². The highest BCUT2D eigenvalue weighted by atomic mass is 32.2. The zero-order valence-electron chi connectivity index (χ0n) is 18.6. The van der Waals surface area contributed by atoms with E-state index in [1.165, 1.54) is 11.8 Å². The van der Waals surface area contributed by atoms with Crippen molar-refractivity contribution in [3.05, 3.63) is 46.0 Å². The molecule has 0 radical (unpaired) electrons. The summed E-state index contributed by atoms with van der Waals surface area (Å²) in [5, 5.41) is 3.59. The van der Waals surface area contributed by atoms with Crippen LogP contribution in [0.5, 0.6) is 5.75 Å². The lowest BCUT2D eigenvalue weighted by Gasteiger charge is -2.24. The SMILES string of the molecule is CCN(CC)CCn1c2c(c(SCC(=O)Nc3cccc(OC)c3)nc1=O)CCCC2. The number of rotatable bonds is 10. The molecule has 1 N–H and O–H groups in total. The second-order valence-corrected chi connectivity index (χ2v) is 8.54. The lowest BCUT2D eigenvalue weighted by Crippen LogP contribution is -2.35. The Kier molecular flexibility index (Phi) is 8.54. The zero-order chi connectivity index (χ0) is 22.2. The molecule has 0 unspecified atom stereocenters. The number of likely N-dealkylation sites (N-methyl/N-ethyl adjacent to an activating group) is 1. The first-order chi connectivity index (χ1) is 15.0. The molecule has 1 heterocycles. The summed E-state index contributed by atoms with van der Waals surface area (Å²) in [7, 11) is 1.59. The molecule has 0 bridgehead atoms. The predicted molar refractivity (Wildman–Crippen MR) is 125 cm³/mol. The Morgan fingerprint density at radius 2 is 2.03 bits per heavy atom. The molecule has 0 saturated heterocycles. The van der Waals surface area contributed by atoms with Crippen LogP contribution in [0.3, 0.4) is 0 Å². The molecule has 1 amide bonds. The van der Waals surface area contributed by atoms with Crippen LogP contribution in [0.15, 0.2) is 34.1 Å². The van der Waals surface area contributed by atoms with Gasteiger partial charge in [-0.1, -0.05) is 31.7 Å². The minimum Gasteiger partial charge on any atom is -0.497 e. The molecule has 2 aromatic rings. The Bertz CT molecular complexity index is 956. The number of hydrogen-bond acceptors (Lipinski definition) is 6. The van der Waals surface area contributed by atoms with E-state index >= 15 is 0 Å². The van der Waals surface area contributed by atoms with Crippen molar-refractivity contribution in [1.82, 2.24) is 14.5 Å². The first kappa shape index (κ1) is 23.3. The minimum absolute atomic E-state index is 0.129. The maximum Gasteiger partial charge on any atom is 0.348 e. The number of anilines is 1. The lowest BCUT2D eigenvalue weighted by atomic mass is 9.97. The molecule has 8 heteroatoms. The number of thioether (sulfide) groups is 1. The van der Waals surface area contributed by atoms with Crippen molar-refractivity contribution in [2.45, 2.75) is 51.1 Å². The second-order valence-electron chi connectivity index (χ2n) is 7.58. The van der Waals surface area contributed by atoms with Crippen LogP contribution in [0.4, 0.5) is 5.69 Å². The average Bonchev–Trinajstić information content (AvgIpc) is 2.79. The minimum atomic E-state index is -0.205. The number of fused-ring (bicyclic) bond motifs is 1. The van der Waals surface area contributed by atoms with Crippen molar-refractivity contribution >= 4 is 23.4 Å². The summed E-state index contributed by atoms with van der Waals surface area (Å²) in [6.45, 7) is 7.72. The molecule has 1 aromatic carbocycles. The van der Waals surface area contributed by atoms with Crippen LogP contribution < -0.4 is 15.7 Å². The third-order valence-electron chi connectivity index (χ3n) is 5.68. The number of hydrogen-bond donors (Lipinski definition) is 1. The van der Waals surface area contributed by atoms with E-state index in [1.807, 2.05) is 22.8 Å². The van der Waals surface area contributed by atoms with Crippen LogP contribution in [0.2, 0.25) is 0 Å². The molecule has 1 aromatic heterocycles. The molecule has 7 nitrogen and oxygen atoms in total. The summed E-state index contributed by atoms with van der Waals surface area (Å²) in [4.78, 5) is 32.0. The number of amides is 1. The van der Waals surface area contributed by atoms with Gasteiger partial charge in [-0.25, -0.2) is 4.79 Å². The maximum absolute atomic E-state index is 12.8. The number of aromatic nitrogens is 2. The smallest absolute Gasteiger partial charge is 0.348 e. The molecule has 1 aliphatic rings. The third-order valence-corrected chi connectivity index (χ3v) is 6.70. The van der Waals surface area contributed by atoms with Crippen molar-refractivity contribution in [3.8, 4) is 5.75 Å². The Morgan fingerprint density at radius 3 is 2.77 bits per heavy atom. The largest absolute Gasteiger partial charge is 0.497 e. The topological polar surface area (TPSA) is 76.5 Å². The van der Waals surface area contributed by atoms with Crippen molar-refractivity contribution in [3.63, 3.8) is 0 Å². The van der Waals surface area contributed by atoms with Crippen LogP contribution in [0.25, 0.3) is 0 Å². The van der Waals surface area contributed by atoms with Gasteiger partial charge in [0.15, 0.2) is 0 Å². The van der Waals surface area contributed by atoms with Crippen LogP contribution in [-0.2, 0) is 24.2 Å². The van der Waals surface area contributed by atoms with Gasteiger partial charge in [-0.3, -0.25) is 9.36 Å². The van der Waals surface area contributed by atoms with Gasteiger partial charge >= 0.3 is 5.69 Å². The van der Waals surface area contributed by atoms with Gasteiger partial charge in [0.2, 0.25) is 5.91 Å². The molecule has 0 spiro atoms. The van der Waals surface area contributed by atoms with Gasteiger partial charge in [-0.2, -0.15) is 4.98 Å². The number of ether oxygens (including phenoxy) is 1. The summed E-state index contributed by atoms with van der Waals surface area (Å²) < 4.78 is 7.05. The molecule has 3 rings (SSSR count). The standard InChI is InChI=1S/C23H32N4O3S/c1-4-26(5-2)13-14-27-20-12-7-6-11-19(20)22(25-23(27)29)31-16-21(28)24-17-9-8-10-18(15-17)30-3/h8-10,15H,4-7,11-14,16H2,1-3H3,(H,24,28). The fraction of sp³-hybridized carbons (Fsp3) is 0.522. The summed E-state index contributed by atoms with van der Waals surface area (Å²) in [6.07, 6.45) is 3.98. The fourth-order valence-corrected chi connectivity index (χ4v) is 4.79. The monoisotopic (exact) mass is 444 g/mol. The van der Waals surface area contributed by atoms with Gasteiger partial charge in [0, 0.05) is 36.1 Å². The van der Waals surface area contributed by atoms with E-state index in [4.69, 9.17) is 4.74 Å². The fourth-order valence-electron chi connectivity index (χ4n) is 3.91. The van der Waals surface area contributed by atoms with Gasteiger partial charge in [-0.15, -0.1) is 0 Å². The highest BCUT2D eigenvalue weighted by Gasteiger charge is 2.21. The van der Waals surface area contributed by atoms with Crippen LogP contribution >= 0.6 is 11.8 Å². The van der Waals surface area contributed by atoms with Gasteiger partial charge < -0.3 is 15.0 Å². The molecular formula is C23H32N4O3S. The zero-order valence-corrected chi connectivity index (χ0v) is 19.5. The van der Waals surface area contributed by atoms with Gasteiger partial charge in [-0.05, 0) is 50.9 Å². The van der Waals surface area contributed by atoms with Gasteiger partial charge in [0.05, 0.1) is 12.9 Å². The highest BCUT2D eigenvalue weighted by Crippen LogP contribution is 2.28. The van der Waals surface area contributed by atoms with Crippen LogP contribution in [0, 0.1) is 0 Å². The molecule has 0 saturated carbocycles. The Morgan fingerprint density at radius 1 is 1.26 bits per heavy atom. The Hall–Kier alpha value is -2.32. The van der Waals surface area contributed by atoms with Crippen molar-refractivity contribution in [2.24, 2.45) is 0 Å². The molecule has 0 fully saturated rings. The van der Waals surface area contributed by atoms with Crippen LogP contribution in [0.1, 0.15) is 37.9 Å².